The molecule has 1 aromatic carbocycles. The molecule has 152 valence electrons. The van der Waals surface area contributed by atoms with Gasteiger partial charge in [-0.1, -0.05) is 18.2 Å². The summed E-state index contributed by atoms with van der Waals surface area (Å²) in [5, 5.41) is 2.87. The van der Waals surface area contributed by atoms with Crippen molar-refractivity contribution >= 4 is 17.2 Å². The molecule has 0 bridgehead atoms. The van der Waals surface area contributed by atoms with E-state index in [-0.39, 0.29) is 0 Å². The van der Waals surface area contributed by atoms with Gasteiger partial charge in [-0.25, -0.2) is 4.98 Å². The molecular weight excluding hydrogens is 396 g/mol. The molecule has 0 aliphatic rings. The number of hydrogen-bond acceptors (Lipinski definition) is 5. The predicted octanol–water partition coefficient (Wildman–Crippen LogP) is 4.45. The van der Waals surface area contributed by atoms with Gasteiger partial charge in [0.2, 0.25) is 0 Å². The molecular formula is C23H22N4O2S. The fraction of sp³-hybridized carbons (Fsp3) is 0.174. The zero-order valence-corrected chi connectivity index (χ0v) is 17.9. The number of pyridine rings is 1. The van der Waals surface area contributed by atoms with Gasteiger partial charge in [0.15, 0.2) is 0 Å². The Kier molecular flexibility index (Phi) is 5.37. The van der Waals surface area contributed by atoms with Gasteiger partial charge in [-0.2, -0.15) is 0 Å². The number of rotatable bonds is 6. The standard InChI is InChI=1S/C23H22N4O2S/c1-14-8-9-16(11-25-14)23-26-19(13-30-23)20-10-18(22(24)28)15(2)27(20)12-17-6-4-5-7-21(17)29-3/h4-11,13H,12H2,1-3H3,(H2,24,28). The zero-order chi connectivity index (χ0) is 21.3. The van der Waals surface area contributed by atoms with E-state index in [9.17, 15) is 4.79 Å². The average molecular weight is 419 g/mol. The van der Waals surface area contributed by atoms with Gasteiger partial charge in [0.25, 0.3) is 5.91 Å². The van der Waals surface area contributed by atoms with Gasteiger partial charge in [-0.3, -0.25) is 9.78 Å². The maximum absolute atomic E-state index is 12.0. The van der Waals surface area contributed by atoms with Crippen molar-refractivity contribution in [3.8, 4) is 27.7 Å². The number of nitrogens with two attached hydrogens (primary N) is 1. The lowest BCUT2D eigenvalue weighted by molar-refractivity contribution is 0.0999. The lowest BCUT2D eigenvalue weighted by Gasteiger charge is -2.13. The van der Waals surface area contributed by atoms with Crippen LogP contribution in [-0.2, 0) is 6.54 Å². The maximum Gasteiger partial charge on any atom is 0.250 e. The number of carbonyl (C=O) groups excluding carboxylic acids is 1. The molecule has 4 rings (SSSR count). The van der Waals surface area contributed by atoms with Crippen LogP contribution in [0.2, 0.25) is 0 Å². The number of methoxy groups -OCH3 is 1. The molecule has 0 fully saturated rings. The number of benzene rings is 1. The molecule has 7 heteroatoms. The molecule has 0 saturated heterocycles. The monoisotopic (exact) mass is 418 g/mol. The van der Waals surface area contributed by atoms with Crippen molar-refractivity contribution in [3.63, 3.8) is 0 Å². The van der Waals surface area contributed by atoms with Crippen LogP contribution in [0.1, 0.15) is 27.3 Å². The summed E-state index contributed by atoms with van der Waals surface area (Å²) in [5.41, 5.74) is 11.5. The number of carbonyl (C=O) groups is 1. The van der Waals surface area contributed by atoms with Crippen molar-refractivity contribution in [3.05, 3.63) is 76.6 Å². The molecule has 0 unspecified atom stereocenters. The molecule has 0 aliphatic heterocycles. The topological polar surface area (TPSA) is 83.0 Å². The molecule has 1 amide bonds. The van der Waals surface area contributed by atoms with Gasteiger partial charge in [-0.15, -0.1) is 11.3 Å². The second-order valence-corrected chi connectivity index (χ2v) is 7.88. The molecule has 0 saturated carbocycles. The van der Waals surface area contributed by atoms with E-state index < -0.39 is 5.91 Å². The first-order valence-corrected chi connectivity index (χ1v) is 10.4. The summed E-state index contributed by atoms with van der Waals surface area (Å²) in [6, 6.07) is 13.6. The van der Waals surface area contributed by atoms with Crippen LogP contribution in [0.15, 0.2) is 54.0 Å². The molecule has 0 spiro atoms. The highest BCUT2D eigenvalue weighted by molar-refractivity contribution is 7.13. The first kappa shape index (κ1) is 19.8. The van der Waals surface area contributed by atoms with Crippen molar-refractivity contribution in [1.29, 1.82) is 0 Å². The number of hydrogen-bond donors (Lipinski definition) is 1. The Morgan fingerprint density at radius 1 is 1.20 bits per heavy atom. The third kappa shape index (κ3) is 3.71. The number of ether oxygens (including phenoxy) is 1. The third-order valence-electron chi connectivity index (χ3n) is 5.08. The lowest BCUT2D eigenvalue weighted by atomic mass is 10.2. The van der Waals surface area contributed by atoms with Gasteiger partial charge < -0.3 is 15.0 Å². The molecule has 4 aromatic rings. The minimum atomic E-state index is -0.453. The summed E-state index contributed by atoms with van der Waals surface area (Å²) in [6.45, 7) is 4.39. The van der Waals surface area contributed by atoms with Gasteiger partial charge in [0, 0.05) is 34.1 Å². The predicted molar refractivity (Wildman–Crippen MR) is 119 cm³/mol. The Morgan fingerprint density at radius 2 is 2.00 bits per heavy atom. The van der Waals surface area contributed by atoms with E-state index >= 15 is 0 Å². The number of amides is 1. The van der Waals surface area contributed by atoms with Gasteiger partial charge in [-0.05, 0) is 38.1 Å². The summed E-state index contributed by atoms with van der Waals surface area (Å²) in [5.74, 6) is 0.340. The fourth-order valence-electron chi connectivity index (χ4n) is 3.43. The highest BCUT2D eigenvalue weighted by Crippen LogP contribution is 2.32. The van der Waals surface area contributed by atoms with Crippen molar-refractivity contribution in [1.82, 2.24) is 14.5 Å². The Hall–Kier alpha value is -3.45. The van der Waals surface area contributed by atoms with Crippen LogP contribution in [0.3, 0.4) is 0 Å². The van der Waals surface area contributed by atoms with Crippen LogP contribution >= 0.6 is 11.3 Å². The van der Waals surface area contributed by atoms with Crippen molar-refractivity contribution in [2.24, 2.45) is 5.73 Å². The van der Waals surface area contributed by atoms with Gasteiger partial charge in [0.1, 0.15) is 10.8 Å². The molecule has 0 aliphatic carbocycles. The highest BCUT2D eigenvalue weighted by atomic mass is 32.1. The van der Waals surface area contributed by atoms with E-state index in [1.807, 2.05) is 67.9 Å². The first-order valence-electron chi connectivity index (χ1n) is 9.48. The van der Waals surface area contributed by atoms with E-state index in [1.165, 1.54) is 0 Å². The smallest absolute Gasteiger partial charge is 0.250 e. The second-order valence-electron chi connectivity index (χ2n) is 7.02. The minimum Gasteiger partial charge on any atom is -0.496 e. The Labute approximate surface area is 179 Å². The zero-order valence-electron chi connectivity index (χ0n) is 17.0. The fourth-order valence-corrected chi connectivity index (χ4v) is 4.24. The van der Waals surface area contributed by atoms with E-state index in [0.29, 0.717) is 12.1 Å². The summed E-state index contributed by atoms with van der Waals surface area (Å²) in [7, 11) is 1.65. The summed E-state index contributed by atoms with van der Waals surface area (Å²) in [4.78, 5) is 21.2. The number of para-hydroxylation sites is 1. The van der Waals surface area contributed by atoms with E-state index in [0.717, 1.165) is 44.7 Å². The molecule has 3 aromatic heterocycles. The first-order chi connectivity index (χ1) is 14.5. The van der Waals surface area contributed by atoms with E-state index in [2.05, 4.69) is 9.55 Å². The van der Waals surface area contributed by atoms with E-state index in [4.69, 9.17) is 15.5 Å². The van der Waals surface area contributed by atoms with Crippen LogP contribution in [0.25, 0.3) is 22.0 Å². The number of primary amides is 1. The number of aryl methyl sites for hydroxylation is 1. The number of aromatic nitrogens is 3. The molecule has 0 radical (unpaired) electrons. The molecule has 2 N–H and O–H groups in total. The summed E-state index contributed by atoms with van der Waals surface area (Å²) < 4.78 is 7.56. The van der Waals surface area contributed by atoms with Gasteiger partial charge >= 0.3 is 0 Å². The minimum absolute atomic E-state index is 0.453. The Bertz CT molecular complexity index is 1210. The molecule has 30 heavy (non-hydrogen) atoms. The average Bonchev–Trinajstić information content (AvgIpc) is 3.34. The molecule has 6 nitrogen and oxygen atoms in total. The van der Waals surface area contributed by atoms with Crippen LogP contribution in [0.5, 0.6) is 5.75 Å². The Balaban J connectivity index is 1.79. The van der Waals surface area contributed by atoms with Crippen LogP contribution in [-0.4, -0.2) is 27.6 Å². The largest absolute Gasteiger partial charge is 0.496 e. The highest BCUT2D eigenvalue weighted by Gasteiger charge is 2.20. The maximum atomic E-state index is 12.0. The van der Waals surface area contributed by atoms with Crippen molar-refractivity contribution < 1.29 is 9.53 Å². The summed E-state index contributed by atoms with van der Waals surface area (Å²) >= 11 is 1.54. The molecule has 0 atom stereocenters. The van der Waals surface area contributed by atoms with Crippen LogP contribution in [0.4, 0.5) is 0 Å². The van der Waals surface area contributed by atoms with Gasteiger partial charge in [0.05, 0.1) is 30.6 Å². The lowest BCUT2D eigenvalue weighted by Crippen LogP contribution is -2.13. The van der Waals surface area contributed by atoms with E-state index in [1.54, 1.807) is 18.4 Å². The number of nitrogens with zero attached hydrogens (tertiary/aromatic N) is 3. The van der Waals surface area contributed by atoms with Crippen molar-refractivity contribution in [2.75, 3.05) is 7.11 Å². The number of thiazole rings is 1. The van der Waals surface area contributed by atoms with Crippen LogP contribution in [0, 0.1) is 13.8 Å². The normalized spacial score (nSPS) is 10.9. The SMILES string of the molecule is COc1ccccc1Cn1c(-c2csc(-c3ccc(C)nc3)n2)cc(C(N)=O)c1C. The molecule has 3 heterocycles. The second kappa shape index (κ2) is 8.12. The van der Waals surface area contributed by atoms with Crippen molar-refractivity contribution in [2.45, 2.75) is 20.4 Å². The van der Waals surface area contributed by atoms with Crippen LogP contribution < -0.4 is 10.5 Å². The Morgan fingerprint density at radius 3 is 2.70 bits per heavy atom. The quantitative estimate of drug-likeness (QED) is 0.502. The third-order valence-corrected chi connectivity index (χ3v) is 5.97. The summed E-state index contributed by atoms with van der Waals surface area (Å²) in [6.07, 6.45) is 1.83.